The lowest BCUT2D eigenvalue weighted by molar-refractivity contribution is 0.120. The standard InChI is InChI=1S/C10H15NO2S/c1-7-4-5-9(14-3)8(6-13-11)10(7)12-2/h4-5H,6,11H2,1-3H3. The summed E-state index contributed by atoms with van der Waals surface area (Å²) in [6.45, 7) is 2.38. The minimum absolute atomic E-state index is 0.376. The zero-order chi connectivity index (χ0) is 10.6. The van der Waals surface area contributed by atoms with Crippen LogP contribution in [0.25, 0.3) is 0 Å². The maximum Gasteiger partial charge on any atom is 0.128 e. The van der Waals surface area contributed by atoms with E-state index in [1.807, 2.05) is 19.2 Å². The summed E-state index contributed by atoms with van der Waals surface area (Å²) in [5, 5.41) is 0. The van der Waals surface area contributed by atoms with E-state index in [4.69, 9.17) is 10.6 Å². The molecule has 0 amide bonds. The van der Waals surface area contributed by atoms with Gasteiger partial charge in [0.2, 0.25) is 0 Å². The fourth-order valence-electron chi connectivity index (χ4n) is 1.42. The summed E-state index contributed by atoms with van der Waals surface area (Å²) in [5.74, 6) is 5.96. The van der Waals surface area contributed by atoms with Gasteiger partial charge in [-0.25, -0.2) is 5.90 Å². The SMILES string of the molecule is COc1c(C)ccc(SC)c1CON. The molecule has 4 heteroatoms. The first kappa shape index (κ1) is 11.4. The molecule has 0 unspecified atom stereocenters. The molecule has 0 atom stereocenters. The Balaban J connectivity index is 3.21. The molecule has 0 aliphatic heterocycles. The van der Waals surface area contributed by atoms with E-state index < -0.39 is 0 Å². The predicted molar refractivity (Wildman–Crippen MR) is 58.5 cm³/mol. The molecule has 0 aromatic heterocycles. The summed E-state index contributed by atoms with van der Waals surface area (Å²) in [7, 11) is 1.66. The van der Waals surface area contributed by atoms with E-state index in [-0.39, 0.29) is 0 Å². The molecule has 0 spiro atoms. The maximum atomic E-state index is 5.32. The number of methoxy groups -OCH3 is 1. The largest absolute Gasteiger partial charge is 0.496 e. The van der Waals surface area contributed by atoms with Crippen molar-refractivity contribution in [2.45, 2.75) is 18.4 Å². The number of benzene rings is 1. The van der Waals surface area contributed by atoms with Crippen LogP contribution in [0.2, 0.25) is 0 Å². The van der Waals surface area contributed by atoms with E-state index in [2.05, 4.69) is 10.9 Å². The van der Waals surface area contributed by atoms with Crippen LogP contribution in [0.3, 0.4) is 0 Å². The van der Waals surface area contributed by atoms with Crippen molar-refractivity contribution in [1.82, 2.24) is 0 Å². The van der Waals surface area contributed by atoms with Crippen LogP contribution in [0.1, 0.15) is 11.1 Å². The lowest BCUT2D eigenvalue weighted by Gasteiger charge is -2.13. The summed E-state index contributed by atoms with van der Waals surface area (Å²) in [5.41, 5.74) is 2.11. The van der Waals surface area contributed by atoms with Gasteiger partial charge >= 0.3 is 0 Å². The van der Waals surface area contributed by atoms with Gasteiger partial charge in [-0.05, 0) is 24.8 Å². The van der Waals surface area contributed by atoms with E-state index in [1.165, 1.54) is 0 Å². The van der Waals surface area contributed by atoms with Gasteiger partial charge in [0.15, 0.2) is 0 Å². The van der Waals surface area contributed by atoms with Gasteiger partial charge in [-0.3, -0.25) is 4.84 Å². The molecule has 0 heterocycles. The monoisotopic (exact) mass is 213 g/mol. The molecule has 78 valence electrons. The van der Waals surface area contributed by atoms with Crippen LogP contribution in [0.15, 0.2) is 17.0 Å². The molecule has 1 aromatic carbocycles. The predicted octanol–water partition coefficient (Wildman–Crippen LogP) is 2.12. The third-order valence-electron chi connectivity index (χ3n) is 2.07. The van der Waals surface area contributed by atoms with Crippen LogP contribution < -0.4 is 10.6 Å². The van der Waals surface area contributed by atoms with Gasteiger partial charge in [-0.15, -0.1) is 11.8 Å². The quantitative estimate of drug-likeness (QED) is 0.614. The van der Waals surface area contributed by atoms with Gasteiger partial charge in [0.25, 0.3) is 0 Å². The highest BCUT2D eigenvalue weighted by molar-refractivity contribution is 7.98. The molecule has 3 nitrogen and oxygen atoms in total. The second-order valence-electron chi connectivity index (χ2n) is 2.91. The number of hydrogen-bond acceptors (Lipinski definition) is 4. The first-order valence-electron chi connectivity index (χ1n) is 4.26. The Morgan fingerprint density at radius 2 is 2.14 bits per heavy atom. The average molecular weight is 213 g/mol. The van der Waals surface area contributed by atoms with Crippen molar-refractivity contribution in [2.75, 3.05) is 13.4 Å². The van der Waals surface area contributed by atoms with E-state index in [1.54, 1.807) is 18.9 Å². The van der Waals surface area contributed by atoms with E-state index >= 15 is 0 Å². The summed E-state index contributed by atoms with van der Waals surface area (Å²) in [4.78, 5) is 5.81. The maximum absolute atomic E-state index is 5.32. The van der Waals surface area contributed by atoms with E-state index in [9.17, 15) is 0 Å². The molecule has 0 fully saturated rings. The van der Waals surface area contributed by atoms with Crippen LogP contribution in [0.4, 0.5) is 0 Å². The average Bonchev–Trinajstić information content (AvgIpc) is 2.19. The zero-order valence-corrected chi connectivity index (χ0v) is 9.48. The van der Waals surface area contributed by atoms with Crippen LogP contribution in [0.5, 0.6) is 5.75 Å². The van der Waals surface area contributed by atoms with Gasteiger partial charge in [0.05, 0.1) is 13.7 Å². The Labute approximate surface area is 88.5 Å². The Hall–Kier alpha value is -0.710. The number of hydrogen-bond donors (Lipinski definition) is 1. The highest BCUT2D eigenvalue weighted by atomic mass is 32.2. The molecule has 0 bridgehead atoms. The second-order valence-corrected chi connectivity index (χ2v) is 3.76. The molecule has 2 N–H and O–H groups in total. The van der Waals surface area contributed by atoms with Crippen molar-refractivity contribution in [2.24, 2.45) is 5.90 Å². The molecule has 0 saturated carbocycles. The van der Waals surface area contributed by atoms with Crippen molar-refractivity contribution in [1.29, 1.82) is 0 Å². The number of thioether (sulfide) groups is 1. The number of aryl methyl sites for hydroxylation is 1. The fourth-order valence-corrected chi connectivity index (χ4v) is 2.02. The molecule has 0 saturated heterocycles. The van der Waals surface area contributed by atoms with Crippen molar-refractivity contribution < 1.29 is 9.57 Å². The molecule has 0 aliphatic carbocycles. The Bertz CT molecular complexity index is 315. The normalized spacial score (nSPS) is 10.3. The van der Waals surface area contributed by atoms with Crippen LogP contribution in [-0.2, 0) is 11.4 Å². The minimum atomic E-state index is 0.376. The third-order valence-corrected chi connectivity index (χ3v) is 2.89. The van der Waals surface area contributed by atoms with Crippen molar-refractivity contribution in [3.05, 3.63) is 23.3 Å². The van der Waals surface area contributed by atoms with Gasteiger partial charge in [0, 0.05) is 10.5 Å². The first-order chi connectivity index (χ1) is 6.74. The Morgan fingerprint density at radius 1 is 1.43 bits per heavy atom. The van der Waals surface area contributed by atoms with Crippen molar-refractivity contribution in [3.8, 4) is 5.75 Å². The van der Waals surface area contributed by atoms with Gasteiger partial charge in [-0.2, -0.15) is 0 Å². The lowest BCUT2D eigenvalue weighted by atomic mass is 10.1. The lowest BCUT2D eigenvalue weighted by Crippen LogP contribution is -2.03. The molecule has 14 heavy (non-hydrogen) atoms. The summed E-state index contributed by atoms with van der Waals surface area (Å²) >= 11 is 1.66. The van der Waals surface area contributed by atoms with Gasteiger partial charge < -0.3 is 4.74 Å². The fraction of sp³-hybridized carbons (Fsp3) is 0.400. The summed E-state index contributed by atoms with van der Waals surface area (Å²) in [6, 6.07) is 4.08. The summed E-state index contributed by atoms with van der Waals surface area (Å²) in [6.07, 6.45) is 2.02. The van der Waals surface area contributed by atoms with Crippen molar-refractivity contribution >= 4 is 11.8 Å². The smallest absolute Gasteiger partial charge is 0.128 e. The molecule has 0 aliphatic rings. The molecular weight excluding hydrogens is 198 g/mol. The van der Waals surface area contributed by atoms with E-state index in [0.29, 0.717) is 6.61 Å². The molecular formula is C10H15NO2S. The second kappa shape index (κ2) is 5.24. The third kappa shape index (κ3) is 2.20. The molecule has 1 rings (SSSR count). The Morgan fingerprint density at radius 3 is 2.64 bits per heavy atom. The number of ether oxygens (including phenoxy) is 1. The minimum Gasteiger partial charge on any atom is -0.496 e. The first-order valence-corrected chi connectivity index (χ1v) is 5.49. The number of rotatable bonds is 4. The van der Waals surface area contributed by atoms with Gasteiger partial charge in [-0.1, -0.05) is 6.07 Å². The van der Waals surface area contributed by atoms with E-state index in [0.717, 1.165) is 21.8 Å². The van der Waals surface area contributed by atoms with Gasteiger partial charge in [0.1, 0.15) is 5.75 Å². The zero-order valence-electron chi connectivity index (χ0n) is 8.66. The van der Waals surface area contributed by atoms with Crippen LogP contribution in [0, 0.1) is 6.92 Å². The Kier molecular flexibility index (Phi) is 4.25. The number of nitrogens with two attached hydrogens (primary N) is 1. The topological polar surface area (TPSA) is 44.5 Å². The summed E-state index contributed by atoms with van der Waals surface area (Å²) < 4.78 is 5.32. The highest BCUT2D eigenvalue weighted by Crippen LogP contribution is 2.32. The highest BCUT2D eigenvalue weighted by Gasteiger charge is 2.11. The van der Waals surface area contributed by atoms with Crippen LogP contribution >= 0.6 is 11.8 Å². The molecule has 1 aromatic rings. The molecule has 0 radical (unpaired) electrons. The van der Waals surface area contributed by atoms with Crippen molar-refractivity contribution in [3.63, 3.8) is 0 Å². The van der Waals surface area contributed by atoms with Crippen LogP contribution in [-0.4, -0.2) is 13.4 Å².